The number of nitrogens with zero attached hydrogens (tertiary/aromatic N) is 1. The standard InChI is InChI=1S/C17H28N2/c1-3-14-10-11-16(19-13-14)12-15-8-6-5-7-9-17(15)18-4-2/h10-11,13,15,17-18H,3-9,12H2,1-2H3. The van der Waals surface area contributed by atoms with Crippen LogP contribution in [0.25, 0.3) is 0 Å². The molecular weight excluding hydrogens is 232 g/mol. The molecular formula is C17H28N2. The average Bonchev–Trinajstić information content (AvgIpc) is 2.66. The molecule has 1 aromatic heterocycles. The van der Waals surface area contributed by atoms with Gasteiger partial charge in [-0.2, -0.15) is 0 Å². The minimum Gasteiger partial charge on any atom is -0.314 e. The molecule has 1 saturated carbocycles. The van der Waals surface area contributed by atoms with Crippen LogP contribution in [0.5, 0.6) is 0 Å². The second-order valence-corrected chi connectivity index (χ2v) is 5.78. The van der Waals surface area contributed by atoms with Gasteiger partial charge in [0.05, 0.1) is 0 Å². The van der Waals surface area contributed by atoms with Crippen molar-refractivity contribution in [3.05, 3.63) is 29.6 Å². The molecule has 1 fully saturated rings. The van der Waals surface area contributed by atoms with E-state index in [0.717, 1.165) is 25.3 Å². The predicted molar refractivity (Wildman–Crippen MR) is 81.4 cm³/mol. The lowest BCUT2D eigenvalue weighted by molar-refractivity contribution is 0.335. The molecule has 0 amide bonds. The van der Waals surface area contributed by atoms with Crippen molar-refractivity contribution in [2.45, 2.75) is 64.8 Å². The quantitative estimate of drug-likeness (QED) is 0.816. The largest absolute Gasteiger partial charge is 0.314 e. The molecule has 2 rings (SSSR count). The minimum atomic E-state index is 0.695. The molecule has 106 valence electrons. The molecule has 1 aliphatic carbocycles. The van der Waals surface area contributed by atoms with Gasteiger partial charge in [-0.05, 0) is 49.8 Å². The van der Waals surface area contributed by atoms with E-state index in [2.05, 4.69) is 36.3 Å². The molecule has 2 unspecified atom stereocenters. The van der Waals surface area contributed by atoms with E-state index >= 15 is 0 Å². The van der Waals surface area contributed by atoms with E-state index in [9.17, 15) is 0 Å². The molecule has 0 spiro atoms. The smallest absolute Gasteiger partial charge is 0.0407 e. The second kappa shape index (κ2) is 7.64. The van der Waals surface area contributed by atoms with Crippen LogP contribution in [0.3, 0.4) is 0 Å². The number of nitrogens with one attached hydrogen (secondary N) is 1. The molecule has 1 heterocycles. The van der Waals surface area contributed by atoms with E-state index in [-0.39, 0.29) is 0 Å². The molecule has 1 N–H and O–H groups in total. The Hall–Kier alpha value is -0.890. The van der Waals surface area contributed by atoms with Crippen LogP contribution in [0.4, 0.5) is 0 Å². The first kappa shape index (κ1) is 14.5. The summed E-state index contributed by atoms with van der Waals surface area (Å²) in [4.78, 5) is 4.64. The summed E-state index contributed by atoms with van der Waals surface area (Å²) >= 11 is 0. The van der Waals surface area contributed by atoms with Gasteiger partial charge in [-0.3, -0.25) is 4.98 Å². The van der Waals surface area contributed by atoms with Crippen LogP contribution in [-0.4, -0.2) is 17.6 Å². The van der Waals surface area contributed by atoms with Gasteiger partial charge in [-0.1, -0.05) is 39.2 Å². The Bertz CT molecular complexity index is 358. The van der Waals surface area contributed by atoms with Crippen molar-refractivity contribution in [3.8, 4) is 0 Å². The SMILES string of the molecule is CCNC1CCCCCC1Cc1ccc(CC)cn1. The maximum atomic E-state index is 4.64. The van der Waals surface area contributed by atoms with Crippen LogP contribution in [0.1, 0.15) is 57.2 Å². The highest BCUT2D eigenvalue weighted by atomic mass is 14.9. The fourth-order valence-corrected chi connectivity index (χ4v) is 3.21. The minimum absolute atomic E-state index is 0.695. The lowest BCUT2D eigenvalue weighted by Crippen LogP contribution is -2.36. The summed E-state index contributed by atoms with van der Waals surface area (Å²) in [5.41, 5.74) is 2.61. The topological polar surface area (TPSA) is 24.9 Å². The summed E-state index contributed by atoms with van der Waals surface area (Å²) in [5, 5.41) is 3.69. The fraction of sp³-hybridized carbons (Fsp3) is 0.706. The Kier molecular flexibility index (Phi) is 5.84. The van der Waals surface area contributed by atoms with Gasteiger partial charge in [0.25, 0.3) is 0 Å². The van der Waals surface area contributed by atoms with E-state index in [1.807, 2.05) is 6.20 Å². The van der Waals surface area contributed by atoms with Crippen molar-refractivity contribution >= 4 is 0 Å². The van der Waals surface area contributed by atoms with Gasteiger partial charge >= 0.3 is 0 Å². The van der Waals surface area contributed by atoms with Crippen molar-refractivity contribution in [1.29, 1.82) is 0 Å². The average molecular weight is 260 g/mol. The van der Waals surface area contributed by atoms with Crippen LogP contribution in [0.2, 0.25) is 0 Å². The molecule has 19 heavy (non-hydrogen) atoms. The van der Waals surface area contributed by atoms with E-state index in [1.165, 1.54) is 43.4 Å². The van der Waals surface area contributed by atoms with Crippen LogP contribution >= 0.6 is 0 Å². The van der Waals surface area contributed by atoms with Crippen molar-refractivity contribution in [2.24, 2.45) is 5.92 Å². The third-order valence-corrected chi connectivity index (χ3v) is 4.39. The van der Waals surface area contributed by atoms with Crippen molar-refractivity contribution in [2.75, 3.05) is 6.54 Å². The van der Waals surface area contributed by atoms with Crippen molar-refractivity contribution < 1.29 is 0 Å². The number of rotatable bonds is 5. The Balaban J connectivity index is 2.00. The van der Waals surface area contributed by atoms with Crippen molar-refractivity contribution in [1.82, 2.24) is 10.3 Å². The fourth-order valence-electron chi connectivity index (χ4n) is 3.21. The van der Waals surface area contributed by atoms with E-state index in [1.54, 1.807) is 0 Å². The zero-order chi connectivity index (χ0) is 13.5. The Morgan fingerprint density at radius 3 is 2.68 bits per heavy atom. The summed E-state index contributed by atoms with van der Waals surface area (Å²) in [6, 6.07) is 5.16. The van der Waals surface area contributed by atoms with Gasteiger partial charge in [-0.15, -0.1) is 0 Å². The second-order valence-electron chi connectivity index (χ2n) is 5.78. The first-order valence-electron chi connectivity index (χ1n) is 8.00. The lowest BCUT2D eigenvalue weighted by atomic mass is 9.90. The highest BCUT2D eigenvalue weighted by molar-refractivity contribution is 5.14. The molecule has 1 aliphatic rings. The Labute approximate surface area is 118 Å². The van der Waals surface area contributed by atoms with Crippen LogP contribution in [0.15, 0.2) is 18.3 Å². The van der Waals surface area contributed by atoms with Gasteiger partial charge in [0, 0.05) is 17.9 Å². The van der Waals surface area contributed by atoms with Gasteiger partial charge in [0.1, 0.15) is 0 Å². The number of hydrogen-bond donors (Lipinski definition) is 1. The van der Waals surface area contributed by atoms with E-state index in [0.29, 0.717) is 6.04 Å². The summed E-state index contributed by atoms with van der Waals surface area (Å²) < 4.78 is 0. The van der Waals surface area contributed by atoms with Gasteiger partial charge < -0.3 is 5.32 Å². The molecule has 2 nitrogen and oxygen atoms in total. The maximum absolute atomic E-state index is 4.64. The Morgan fingerprint density at radius 1 is 1.16 bits per heavy atom. The predicted octanol–water partition coefficient (Wildman–Crippen LogP) is 3.74. The summed E-state index contributed by atoms with van der Waals surface area (Å²) in [6.07, 6.45) is 11.1. The molecule has 1 aromatic rings. The highest BCUT2D eigenvalue weighted by Crippen LogP contribution is 2.26. The zero-order valence-electron chi connectivity index (χ0n) is 12.5. The van der Waals surface area contributed by atoms with Gasteiger partial charge in [0.2, 0.25) is 0 Å². The first-order chi connectivity index (χ1) is 9.33. The summed E-state index contributed by atoms with van der Waals surface area (Å²) in [7, 11) is 0. The number of aromatic nitrogens is 1. The van der Waals surface area contributed by atoms with Crippen LogP contribution < -0.4 is 5.32 Å². The third kappa shape index (κ3) is 4.31. The van der Waals surface area contributed by atoms with E-state index in [4.69, 9.17) is 0 Å². The molecule has 0 radical (unpaired) electrons. The maximum Gasteiger partial charge on any atom is 0.0407 e. The first-order valence-corrected chi connectivity index (χ1v) is 8.00. The Morgan fingerprint density at radius 2 is 2.00 bits per heavy atom. The molecule has 0 aliphatic heterocycles. The van der Waals surface area contributed by atoms with Crippen molar-refractivity contribution in [3.63, 3.8) is 0 Å². The summed E-state index contributed by atoms with van der Waals surface area (Å²) in [6.45, 7) is 5.49. The monoisotopic (exact) mass is 260 g/mol. The molecule has 0 aromatic carbocycles. The summed E-state index contributed by atoms with van der Waals surface area (Å²) in [5.74, 6) is 0.766. The highest BCUT2D eigenvalue weighted by Gasteiger charge is 2.23. The number of hydrogen-bond acceptors (Lipinski definition) is 2. The number of pyridine rings is 1. The molecule has 0 bridgehead atoms. The van der Waals surface area contributed by atoms with E-state index < -0.39 is 0 Å². The third-order valence-electron chi connectivity index (χ3n) is 4.39. The van der Waals surface area contributed by atoms with Crippen LogP contribution in [0, 0.1) is 5.92 Å². The van der Waals surface area contributed by atoms with Gasteiger partial charge in [-0.25, -0.2) is 0 Å². The lowest BCUT2D eigenvalue weighted by Gasteiger charge is -2.25. The number of aryl methyl sites for hydroxylation is 1. The van der Waals surface area contributed by atoms with Crippen LogP contribution in [-0.2, 0) is 12.8 Å². The zero-order valence-corrected chi connectivity index (χ0v) is 12.5. The molecule has 0 saturated heterocycles. The normalized spacial score (nSPS) is 24.1. The molecule has 2 heteroatoms. The molecule has 2 atom stereocenters. The van der Waals surface area contributed by atoms with Gasteiger partial charge in [0.15, 0.2) is 0 Å².